The summed E-state index contributed by atoms with van der Waals surface area (Å²) in [4.78, 5) is 9.96. The van der Waals surface area contributed by atoms with E-state index < -0.39 is 0 Å². The normalized spacial score (nSPS) is 13.0. The maximum absolute atomic E-state index is 2.46. The molecule has 0 fully saturated rings. The number of rotatable bonds is 4. The van der Waals surface area contributed by atoms with Crippen molar-refractivity contribution >= 4 is 79.2 Å². The molecule has 2 aliphatic heterocycles. The number of benzene rings is 9. The summed E-state index contributed by atoms with van der Waals surface area (Å²) in [6.07, 6.45) is 0. The Morgan fingerprint density at radius 2 is 0.621 bits per heavy atom. The summed E-state index contributed by atoms with van der Waals surface area (Å²) >= 11 is 3.70. The lowest BCUT2D eigenvalue weighted by atomic mass is 9.84. The van der Waals surface area contributed by atoms with Gasteiger partial charge in [0.05, 0.1) is 22.7 Å². The van der Waals surface area contributed by atoms with Crippen LogP contribution in [0.4, 0.5) is 34.1 Å². The SMILES string of the molecule is Cc1cc(C)cc(-c2c3ccc(N4c5ccccc5Sc5ccccc54)cc3c(-c3cc(C)cc(C)c3)c3ccc(N4c5ccccc5Sc5ccccc54)cc23)c1. The Hall–Kier alpha value is -6.20. The fourth-order valence-electron chi connectivity index (χ4n) is 9.31. The van der Waals surface area contributed by atoms with Crippen LogP contribution in [0, 0.1) is 27.7 Å². The first kappa shape index (κ1) is 35.0. The zero-order valence-electron chi connectivity index (χ0n) is 32.9. The predicted molar refractivity (Wildman–Crippen MR) is 249 cm³/mol. The third-order valence-electron chi connectivity index (χ3n) is 11.5. The molecule has 4 heteroatoms. The molecule has 0 spiro atoms. The first-order valence-electron chi connectivity index (χ1n) is 19.9. The van der Waals surface area contributed by atoms with Gasteiger partial charge < -0.3 is 9.80 Å². The van der Waals surface area contributed by atoms with Gasteiger partial charge in [0.25, 0.3) is 0 Å². The summed E-state index contributed by atoms with van der Waals surface area (Å²) < 4.78 is 0. The van der Waals surface area contributed by atoms with Crippen LogP contribution in [0.25, 0.3) is 43.8 Å². The minimum absolute atomic E-state index is 1.15. The van der Waals surface area contributed by atoms with Crippen LogP contribution in [0.1, 0.15) is 22.3 Å². The molecule has 11 rings (SSSR count). The average molecular weight is 781 g/mol. The summed E-state index contributed by atoms with van der Waals surface area (Å²) in [5, 5.41) is 4.98. The number of nitrogens with zero attached hydrogens (tertiary/aromatic N) is 2. The lowest BCUT2D eigenvalue weighted by Crippen LogP contribution is -2.15. The van der Waals surface area contributed by atoms with Crippen molar-refractivity contribution in [3.05, 3.63) is 192 Å². The van der Waals surface area contributed by atoms with E-state index in [1.165, 1.54) is 108 Å². The van der Waals surface area contributed by atoms with Crippen molar-refractivity contribution < 1.29 is 0 Å². The van der Waals surface area contributed by atoms with Crippen molar-refractivity contribution in [3.63, 3.8) is 0 Å². The van der Waals surface area contributed by atoms with Crippen LogP contribution in [0.3, 0.4) is 0 Å². The zero-order valence-corrected chi connectivity index (χ0v) is 34.5. The molecule has 9 aromatic carbocycles. The van der Waals surface area contributed by atoms with Crippen molar-refractivity contribution in [1.29, 1.82) is 0 Å². The second-order valence-electron chi connectivity index (χ2n) is 15.7. The molecule has 0 bridgehead atoms. The molecule has 0 saturated heterocycles. The van der Waals surface area contributed by atoms with E-state index in [4.69, 9.17) is 0 Å². The largest absolute Gasteiger partial charge is 0.308 e. The number of anilines is 6. The van der Waals surface area contributed by atoms with E-state index >= 15 is 0 Å². The first-order chi connectivity index (χ1) is 28.4. The molecule has 0 amide bonds. The number of para-hydroxylation sites is 4. The van der Waals surface area contributed by atoms with Crippen molar-refractivity contribution in [2.45, 2.75) is 47.3 Å². The number of hydrogen-bond acceptors (Lipinski definition) is 4. The number of aryl methyl sites for hydroxylation is 4. The quantitative estimate of drug-likeness (QED) is 0.164. The van der Waals surface area contributed by atoms with Gasteiger partial charge in [0.2, 0.25) is 0 Å². The van der Waals surface area contributed by atoms with Crippen LogP contribution in [0.2, 0.25) is 0 Å². The lowest BCUT2D eigenvalue weighted by molar-refractivity contribution is 1.17. The van der Waals surface area contributed by atoms with E-state index in [0.717, 1.165) is 11.4 Å². The lowest BCUT2D eigenvalue weighted by Gasteiger charge is -2.34. The molecule has 0 aliphatic carbocycles. The van der Waals surface area contributed by atoms with Gasteiger partial charge in [-0.05, 0) is 144 Å². The van der Waals surface area contributed by atoms with Gasteiger partial charge >= 0.3 is 0 Å². The van der Waals surface area contributed by atoms with Crippen LogP contribution >= 0.6 is 23.5 Å². The Morgan fingerprint density at radius 1 is 0.310 bits per heavy atom. The van der Waals surface area contributed by atoms with Crippen molar-refractivity contribution in [2.24, 2.45) is 0 Å². The monoisotopic (exact) mass is 780 g/mol. The summed E-state index contributed by atoms with van der Waals surface area (Å²) in [5.41, 5.74) is 17.2. The fraction of sp³-hybridized carbons (Fsp3) is 0.0741. The highest BCUT2D eigenvalue weighted by molar-refractivity contribution is 8.00. The minimum atomic E-state index is 1.15. The van der Waals surface area contributed by atoms with Gasteiger partial charge in [0.1, 0.15) is 0 Å². The molecule has 0 N–H and O–H groups in total. The van der Waals surface area contributed by atoms with Crippen LogP contribution in [-0.4, -0.2) is 0 Å². The maximum atomic E-state index is 2.46. The highest BCUT2D eigenvalue weighted by Gasteiger charge is 2.28. The average Bonchev–Trinajstić information content (AvgIpc) is 3.22. The Morgan fingerprint density at radius 3 is 0.948 bits per heavy atom. The highest BCUT2D eigenvalue weighted by Crippen LogP contribution is 2.55. The third kappa shape index (κ3) is 5.74. The van der Waals surface area contributed by atoms with Gasteiger partial charge in [-0.2, -0.15) is 0 Å². The van der Waals surface area contributed by atoms with Crippen molar-refractivity contribution in [3.8, 4) is 22.3 Å². The third-order valence-corrected chi connectivity index (χ3v) is 13.7. The number of hydrogen-bond donors (Lipinski definition) is 0. The summed E-state index contributed by atoms with van der Waals surface area (Å²) in [5.74, 6) is 0. The van der Waals surface area contributed by atoms with Gasteiger partial charge in [-0.25, -0.2) is 0 Å². The molecule has 0 unspecified atom stereocenters. The number of fused-ring (bicyclic) bond motifs is 6. The van der Waals surface area contributed by atoms with E-state index in [0.29, 0.717) is 0 Å². The molecule has 9 aromatic rings. The Bertz CT molecular complexity index is 2800. The molecule has 2 aliphatic rings. The van der Waals surface area contributed by atoms with E-state index in [-0.39, 0.29) is 0 Å². The van der Waals surface area contributed by atoms with Gasteiger partial charge in [-0.1, -0.05) is 143 Å². The topological polar surface area (TPSA) is 6.48 Å². The molecule has 0 aromatic heterocycles. The Kier molecular flexibility index (Phi) is 8.28. The zero-order chi connectivity index (χ0) is 39.1. The molecule has 0 atom stereocenters. The predicted octanol–water partition coefficient (Wildman–Crippen LogP) is 16.4. The van der Waals surface area contributed by atoms with Crippen LogP contribution in [0.15, 0.2) is 189 Å². The van der Waals surface area contributed by atoms with Gasteiger partial charge in [0, 0.05) is 31.0 Å². The molecule has 278 valence electrons. The molecule has 2 nitrogen and oxygen atoms in total. The van der Waals surface area contributed by atoms with E-state index in [9.17, 15) is 0 Å². The fourth-order valence-corrected chi connectivity index (χ4v) is 11.4. The second-order valence-corrected chi connectivity index (χ2v) is 17.9. The molecule has 0 radical (unpaired) electrons. The van der Waals surface area contributed by atoms with Gasteiger partial charge in [0.15, 0.2) is 0 Å². The minimum Gasteiger partial charge on any atom is -0.308 e. The Labute approximate surface area is 348 Å². The molecule has 0 saturated carbocycles. The maximum Gasteiger partial charge on any atom is 0.0601 e. The second kappa shape index (κ2) is 13.7. The molecular weight excluding hydrogens is 741 g/mol. The van der Waals surface area contributed by atoms with Crippen LogP contribution < -0.4 is 9.80 Å². The van der Waals surface area contributed by atoms with Crippen LogP contribution in [0.5, 0.6) is 0 Å². The molecular formula is C54H40N2S2. The van der Waals surface area contributed by atoms with Crippen molar-refractivity contribution in [1.82, 2.24) is 0 Å². The van der Waals surface area contributed by atoms with Gasteiger partial charge in [-0.15, -0.1) is 0 Å². The van der Waals surface area contributed by atoms with E-state index in [1.54, 1.807) is 0 Å². The molecule has 2 heterocycles. The summed E-state index contributed by atoms with van der Waals surface area (Å²) in [6, 6.07) is 63.6. The van der Waals surface area contributed by atoms with E-state index in [1.807, 2.05) is 23.5 Å². The van der Waals surface area contributed by atoms with E-state index in [2.05, 4.69) is 207 Å². The van der Waals surface area contributed by atoms with Gasteiger partial charge in [-0.3, -0.25) is 0 Å². The summed E-state index contributed by atoms with van der Waals surface area (Å²) in [6.45, 7) is 8.88. The highest BCUT2D eigenvalue weighted by atomic mass is 32.2. The smallest absolute Gasteiger partial charge is 0.0601 e. The molecule has 58 heavy (non-hydrogen) atoms. The van der Waals surface area contributed by atoms with Crippen molar-refractivity contribution in [2.75, 3.05) is 9.80 Å². The summed E-state index contributed by atoms with van der Waals surface area (Å²) in [7, 11) is 0. The first-order valence-corrected chi connectivity index (χ1v) is 21.5. The standard InChI is InChI=1S/C54H40N2S2/c1-33-25-34(2)28-37(27-33)53-41-23-21-40(56-47-15-7-11-19-51(47)58-52-20-12-8-16-48(52)56)32-44(41)54(38-29-35(3)26-36(4)30-38)42-24-22-39(31-43(42)53)55-45-13-5-9-17-49(45)57-50-18-10-6-14-46(50)55/h5-32H,1-4H3. The van der Waals surface area contributed by atoms with Crippen LogP contribution in [-0.2, 0) is 0 Å². The Balaban J connectivity index is 1.26.